The molecule has 0 heterocycles. The quantitative estimate of drug-likeness (QED) is 0.224. The summed E-state index contributed by atoms with van der Waals surface area (Å²) in [6, 6.07) is 22.9. The van der Waals surface area contributed by atoms with E-state index in [1.807, 2.05) is 72.8 Å². The lowest BCUT2D eigenvalue weighted by atomic mass is 9.83. The van der Waals surface area contributed by atoms with Gasteiger partial charge in [-0.1, -0.05) is 99.0 Å². The number of unbranched alkanes of at least 4 members (excludes halogenated alkanes) is 2. The normalized spacial score (nSPS) is 13.4. The van der Waals surface area contributed by atoms with Gasteiger partial charge in [0.1, 0.15) is 23.0 Å². The summed E-state index contributed by atoms with van der Waals surface area (Å²) < 4.78 is 0. The number of rotatable bonds is 4. The molecule has 8 bridgehead atoms. The molecule has 1 aliphatic carbocycles. The third-order valence-electron chi connectivity index (χ3n) is 7.70. The Balaban J connectivity index is 1.72. The average molecular weight is 495 g/mol. The lowest BCUT2D eigenvalue weighted by Crippen LogP contribution is -2.06. The zero-order chi connectivity index (χ0) is 25.9. The van der Waals surface area contributed by atoms with Crippen LogP contribution in [0.2, 0.25) is 0 Å². The van der Waals surface area contributed by atoms with Crippen molar-refractivity contribution in [3.8, 4) is 23.0 Å². The number of hydrogen-bond acceptors (Lipinski definition) is 4. The van der Waals surface area contributed by atoms with Crippen molar-refractivity contribution in [2.75, 3.05) is 0 Å². The van der Waals surface area contributed by atoms with Crippen molar-refractivity contribution in [1.82, 2.24) is 0 Å². The first-order chi connectivity index (χ1) is 18.0. The highest BCUT2D eigenvalue weighted by Gasteiger charge is 2.24. The second-order valence-corrected chi connectivity index (χ2v) is 10.1. The third-order valence-corrected chi connectivity index (χ3v) is 7.70. The maximum absolute atomic E-state index is 11.5. The molecule has 190 valence electrons. The number of phenolic OH excluding ortho intramolecular Hbond substituents is 4. The van der Waals surface area contributed by atoms with E-state index in [1.54, 1.807) is 0 Å². The molecule has 4 aromatic carbocycles. The van der Waals surface area contributed by atoms with Crippen LogP contribution >= 0.6 is 0 Å². The van der Waals surface area contributed by atoms with Gasteiger partial charge in [-0.3, -0.25) is 0 Å². The number of hydrogen-bond donors (Lipinski definition) is 4. The fourth-order valence-corrected chi connectivity index (χ4v) is 5.62. The van der Waals surface area contributed by atoms with Crippen molar-refractivity contribution in [2.24, 2.45) is 0 Å². The lowest BCUT2D eigenvalue weighted by molar-refractivity contribution is 0.440. The van der Waals surface area contributed by atoms with E-state index in [2.05, 4.69) is 6.92 Å². The monoisotopic (exact) mass is 494 g/mol. The van der Waals surface area contributed by atoms with E-state index in [4.69, 9.17) is 0 Å². The summed E-state index contributed by atoms with van der Waals surface area (Å²) in [7, 11) is 0. The Morgan fingerprint density at radius 2 is 0.865 bits per heavy atom. The maximum atomic E-state index is 11.5. The Morgan fingerprint density at radius 1 is 0.514 bits per heavy atom. The van der Waals surface area contributed by atoms with E-state index in [0.29, 0.717) is 19.3 Å². The van der Waals surface area contributed by atoms with Crippen LogP contribution in [-0.2, 0) is 19.3 Å². The van der Waals surface area contributed by atoms with Gasteiger partial charge in [0, 0.05) is 36.3 Å². The minimum Gasteiger partial charge on any atom is -0.507 e. The Labute approximate surface area is 218 Å². The first kappa shape index (κ1) is 24.8. The van der Waals surface area contributed by atoms with Crippen LogP contribution in [0, 0.1) is 0 Å². The van der Waals surface area contributed by atoms with Gasteiger partial charge in [0.05, 0.1) is 0 Å². The summed E-state index contributed by atoms with van der Waals surface area (Å²) in [6.45, 7) is 2.16. The number of benzene rings is 4. The number of phenols is 4. The van der Waals surface area contributed by atoms with E-state index >= 15 is 0 Å². The Morgan fingerprint density at radius 3 is 1.24 bits per heavy atom. The van der Waals surface area contributed by atoms with Crippen molar-refractivity contribution < 1.29 is 20.4 Å². The maximum Gasteiger partial charge on any atom is 0.122 e. The molecule has 0 aromatic heterocycles. The summed E-state index contributed by atoms with van der Waals surface area (Å²) in [4.78, 5) is 0. The summed E-state index contributed by atoms with van der Waals surface area (Å²) >= 11 is 0. The summed E-state index contributed by atoms with van der Waals surface area (Å²) in [5.74, 6) is 0.625. The van der Waals surface area contributed by atoms with Gasteiger partial charge in [-0.25, -0.2) is 0 Å². The highest BCUT2D eigenvalue weighted by molar-refractivity contribution is 5.56. The van der Waals surface area contributed by atoms with Gasteiger partial charge in [-0.15, -0.1) is 0 Å². The number of aromatic hydroxyl groups is 4. The summed E-state index contributed by atoms with van der Waals surface area (Å²) in [5, 5.41) is 45.2. The molecule has 0 spiro atoms. The Kier molecular flexibility index (Phi) is 7.09. The second-order valence-electron chi connectivity index (χ2n) is 10.1. The van der Waals surface area contributed by atoms with E-state index in [-0.39, 0.29) is 28.9 Å². The fourth-order valence-electron chi connectivity index (χ4n) is 5.62. The van der Waals surface area contributed by atoms with E-state index in [1.165, 1.54) is 0 Å². The van der Waals surface area contributed by atoms with Gasteiger partial charge >= 0.3 is 0 Å². The van der Waals surface area contributed by atoms with Crippen LogP contribution in [0.5, 0.6) is 23.0 Å². The molecule has 0 atom stereocenters. The molecular weight excluding hydrogens is 460 g/mol. The van der Waals surface area contributed by atoms with Crippen LogP contribution in [0.25, 0.3) is 0 Å². The highest BCUT2D eigenvalue weighted by atomic mass is 16.3. The predicted octanol–water partition coefficient (Wildman–Crippen LogP) is 7.31. The van der Waals surface area contributed by atoms with Gasteiger partial charge in [0.2, 0.25) is 0 Å². The molecule has 0 saturated heterocycles. The molecule has 0 radical (unpaired) electrons. The van der Waals surface area contributed by atoms with Crippen LogP contribution in [0.15, 0.2) is 72.8 Å². The summed E-state index contributed by atoms with van der Waals surface area (Å²) in [5.41, 5.74) is 5.92. The van der Waals surface area contributed by atoms with Crippen LogP contribution in [-0.4, -0.2) is 20.4 Å². The zero-order valence-corrected chi connectivity index (χ0v) is 21.2. The van der Waals surface area contributed by atoms with Crippen LogP contribution in [0.1, 0.15) is 83.0 Å². The molecule has 4 aromatic rings. The minimum atomic E-state index is -0.181. The van der Waals surface area contributed by atoms with Gasteiger partial charge < -0.3 is 20.4 Å². The minimum absolute atomic E-state index is 0.181. The fraction of sp³-hybridized carbons (Fsp3) is 0.273. The molecule has 0 unspecified atom stereocenters. The van der Waals surface area contributed by atoms with Crippen molar-refractivity contribution in [3.05, 3.63) is 117 Å². The second kappa shape index (κ2) is 10.6. The molecule has 0 amide bonds. The molecule has 4 nitrogen and oxygen atoms in total. The van der Waals surface area contributed by atoms with Crippen molar-refractivity contribution >= 4 is 0 Å². The zero-order valence-electron chi connectivity index (χ0n) is 21.2. The molecule has 4 N–H and O–H groups in total. The Hall–Kier alpha value is -3.92. The average Bonchev–Trinajstić information content (AvgIpc) is 2.89. The van der Waals surface area contributed by atoms with Crippen LogP contribution in [0.4, 0.5) is 0 Å². The van der Waals surface area contributed by atoms with Crippen molar-refractivity contribution in [2.45, 2.75) is 57.8 Å². The first-order valence-corrected chi connectivity index (χ1v) is 13.2. The largest absolute Gasteiger partial charge is 0.507 e. The molecule has 0 aliphatic heterocycles. The smallest absolute Gasteiger partial charge is 0.122 e. The molecule has 0 fully saturated rings. The number of fused-ring (bicyclic) bond motifs is 8. The van der Waals surface area contributed by atoms with Crippen molar-refractivity contribution in [3.63, 3.8) is 0 Å². The topological polar surface area (TPSA) is 80.9 Å². The molecule has 37 heavy (non-hydrogen) atoms. The van der Waals surface area contributed by atoms with Crippen LogP contribution < -0.4 is 0 Å². The predicted molar refractivity (Wildman–Crippen MR) is 147 cm³/mol. The first-order valence-electron chi connectivity index (χ1n) is 13.2. The SMILES string of the molecule is CCCCCC1c2cccc(c2O)Cc2cccc(c2O)Cc2cccc(c2O)Cc2cccc1c2O. The molecular formula is C33H34O4. The van der Waals surface area contributed by atoms with Gasteiger partial charge in [-0.05, 0) is 39.8 Å². The van der Waals surface area contributed by atoms with Crippen molar-refractivity contribution in [1.29, 1.82) is 0 Å². The standard InChI is InChI=1S/C33H34O4/c1-2-3-4-15-27-28-16-7-13-25(32(28)36)19-23-11-5-9-21(30(23)34)18-22-10-6-12-24(31(22)35)20-26-14-8-17-29(27)33(26)37/h5-14,16-17,27,34-37H,2-4,15,18-20H2,1H3. The van der Waals surface area contributed by atoms with E-state index in [9.17, 15) is 20.4 Å². The lowest BCUT2D eigenvalue weighted by Gasteiger charge is -2.23. The van der Waals surface area contributed by atoms with Gasteiger partial charge in [0.25, 0.3) is 0 Å². The van der Waals surface area contributed by atoms with E-state index < -0.39 is 0 Å². The van der Waals surface area contributed by atoms with Crippen LogP contribution in [0.3, 0.4) is 0 Å². The van der Waals surface area contributed by atoms with E-state index in [0.717, 1.165) is 70.2 Å². The third kappa shape index (κ3) is 4.89. The number of para-hydroxylation sites is 4. The molecule has 5 rings (SSSR count). The van der Waals surface area contributed by atoms with Gasteiger partial charge in [-0.2, -0.15) is 0 Å². The molecule has 1 aliphatic rings. The highest BCUT2D eigenvalue weighted by Crippen LogP contribution is 2.43. The molecule has 0 saturated carbocycles. The summed E-state index contributed by atoms with van der Waals surface area (Å²) in [6.07, 6.45) is 5.03. The Bertz CT molecular complexity index is 1320. The molecule has 4 heteroatoms. The van der Waals surface area contributed by atoms with Gasteiger partial charge in [0.15, 0.2) is 0 Å².